The molecule has 4 heteroatoms. The number of nitrogens with one attached hydrogen (secondary N) is 2. The summed E-state index contributed by atoms with van der Waals surface area (Å²) in [4.78, 5) is 29.0. The summed E-state index contributed by atoms with van der Waals surface area (Å²) in [6.45, 7) is 4.24. The molecule has 0 aliphatic heterocycles. The molecule has 0 unspecified atom stereocenters. The standard InChI is InChI=1S/C17H16N2O2/c1-10(2)11-3-5-12(6-4-11)16(20)13-7-8-14-15(9-13)19-17(21)18-14/h3-10H,1-2H3,(H2,18,19,21). The van der Waals surface area contributed by atoms with Crippen molar-refractivity contribution in [1.82, 2.24) is 9.97 Å². The number of hydrogen-bond donors (Lipinski definition) is 2. The molecule has 2 N–H and O–H groups in total. The molecule has 2 aromatic carbocycles. The predicted octanol–water partition coefficient (Wildman–Crippen LogP) is 3.21. The van der Waals surface area contributed by atoms with Crippen molar-refractivity contribution in [3.05, 3.63) is 69.6 Å². The lowest BCUT2D eigenvalue weighted by Crippen LogP contribution is -2.01. The number of ketones is 1. The first kappa shape index (κ1) is 13.4. The summed E-state index contributed by atoms with van der Waals surface area (Å²) < 4.78 is 0. The molecule has 0 saturated heterocycles. The number of aromatic amines is 2. The topological polar surface area (TPSA) is 65.7 Å². The van der Waals surface area contributed by atoms with Gasteiger partial charge in [-0.2, -0.15) is 0 Å². The predicted molar refractivity (Wildman–Crippen MR) is 82.9 cm³/mol. The minimum atomic E-state index is -0.268. The molecule has 0 fully saturated rings. The fourth-order valence-electron chi connectivity index (χ4n) is 2.36. The van der Waals surface area contributed by atoms with Gasteiger partial charge in [-0.3, -0.25) is 4.79 Å². The maximum absolute atomic E-state index is 12.5. The second-order valence-electron chi connectivity index (χ2n) is 5.45. The van der Waals surface area contributed by atoms with Crippen LogP contribution in [0.15, 0.2) is 47.3 Å². The number of benzene rings is 2. The Hall–Kier alpha value is -2.62. The Balaban J connectivity index is 1.97. The zero-order chi connectivity index (χ0) is 15.0. The Morgan fingerprint density at radius 3 is 2.19 bits per heavy atom. The fraction of sp³-hybridized carbons (Fsp3) is 0.176. The summed E-state index contributed by atoms with van der Waals surface area (Å²) in [6.07, 6.45) is 0. The van der Waals surface area contributed by atoms with Gasteiger partial charge in [-0.15, -0.1) is 0 Å². The zero-order valence-corrected chi connectivity index (χ0v) is 11.9. The highest BCUT2D eigenvalue weighted by Gasteiger charge is 2.11. The number of H-pyrrole nitrogens is 2. The molecule has 3 rings (SSSR count). The summed E-state index contributed by atoms with van der Waals surface area (Å²) in [7, 11) is 0. The molecule has 0 aliphatic rings. The van der Waals surface area contributed by atoms with Crippen LogP contribution in [-0.4, -0.2) is 15.8 Å². The lowest BCUT2D eigenvalue weighted by molar-refractivity contribution is 0.103. The normalized spacial score (nSPS) is 11.2. The van der Waals surface area contributed by atoms with Crippen LogP contribution in [0.3, 0.4) is 0 Å². The number of imidazole rings is 1. The van der Waals surface area contributed by atoms with Gasteiger partial charge in [-0.1, -0.05) is 38.1 Å². The molecule has 0 bridgehead atoms. The molecule has 0 saturated carbocycles. The largest absolute Gasteiger partial charge is 0.323 e. The van der Waals surface area contributed by atoms with Crippen molar-refractivity contribution >= 4 is 16.8 Å². The minimum Gasteiger partial charge on any atom is -0.306 e. The smallest absolute Gasteiger partial charge is 0.306 e. The molecule has 21 heavy (non-hydrogen) atoms. The summed E-state index contributed by atoms with van der Waals surface area (Å²) in [5, 5.41) is 0. The van der Waals surface area contributed by atoms with Crippen LogP contribution in [0.1, 0.15) is 41.3 Å². The van der Waals surface area contributed by atoms with Crippen molar-refractivity contribution < 1.29 is 4.79 Å². The van der Waals surface area contributed by atoms with E-state index in [0.717, 1.165) is 0 Å². The van der Waals surface area contributed by atoms with E-state index >= 15 is 0 Å². The first-order valence-corrected chi connectivity index (χ1v) is 6.91. The summed E-state index contributed by atoms with van der Waals surface area (Å²) in [6, 6.07) is 12.8. The Morgan fingerprint density at radius 2 is 1.52 bits per heavy atom. The average molecular weight is 280 g/mol. The number of rotatable bonds is 3. The van der Waals surface area contributed by atoms with E-state index in [4.69, 9.17) is 0 Å². The van der Waals surface area contributed by atoms with Crippen molar-refractivity contribution in [1.29, 1.82) is 0 Å². The van der Waals surface area contributed by atoms with Crippen LogP contribution in [0.4, 0.5) is 0 Å². The maximum Gasteiger partial charge on any atom is 0.323 e. The van der Waals surface area contributed by atoms with Crippen LogP contribution >= 0.6 is 0 Å². The van der Waals surface area contributed by atoms with Gasteiger partial charge in [0.05, 0.1) is 11.0 Å². The lowest BCUT2D eigenvalue weighted by atomic mass is 9.98. The Morgan fingerprint density at radius 1 is 0.905 bits per heavy atom. The van der Waals surface area contributed by atoms with Crippen LogP contribution in [-0.2, 0) is 0 Å². The van der Waals surface area contributed by atoms with E-state index in [-0.39, 0.29) is 11.5 Å². The van der Waals surface area contributed by atoms with Crippen LogP contribution in [0, 0.1) is 0 Å². The van der Waals surface area contributed by atoms with E-state index in [9.17, 15) is 9.59 Å². The summed E-state index contributed by atoms with van der Waals surface area (Å²) in [5.41, 5.74) is 3.50. The maximum atomic E-state index is 12.5. The van der Waals surface area contributed by atoms with E-state index in [1.165, 1.54) is 5.56 Å². The Bertz CT molecular complexity index is 854. The Kier molecular flexibility index (Phi) is 3.22. The van der Waals surface area contributed by atoms with Crippen molar-refractivity contribution in [2.24, 2.45) is 0 Å². The summed E-state index contributed by atoms with van der Waals surface area (Å²) in [5.74, 6) is 0.393. The molecule has 1 heterocycles. The van der Waals surface area contributed by atoms with Crippen molar-refractivity contribution in [3.63, 3.8) is 0 Å². The highest BCUT2D eigenvalue weighted by atomic mass is 16.1. The second-order valence-corrected chi connectivity index (χ2v) is 5.45. The molecule has 0 amide bonds. The number of carbonyl (C=O) groups excluding carboxylic acids is 1. The van der Waals surface area contributed by atoms with Gasteiger partial charge in [-0.05, 0) is 29.7 Å². The van der Waals surface area contributed by atoms with Gasteiger partial charge in [0.15, 0.2) is 5.78 Å². The van der Waals surface area contributed by atoms with E-state index in [1.54, 1.807) is 18.2 Å². The second kappa shape index (κ2) is 5.05. The highest BCUT2D eigenvalue weighted by molar-refractivity contribution is 6.10. The van der Waals surface area contributed by atoms with Gasteiger partial charge in [-0.25, -0.2) is 4.79 Å². The van der Waals surface area contributed by atoms with Gasteiger partial charge < -0.3 is 9.97 Å². The quantitative estimate of drug-likeness (QED) is 0.723. The van der Waals surface area contributed by atoms with Gasteiger partial charge in [0.2, 0.25) is 0 Å². The number of fused-ring (bicyclic) bond motifs is 1. The van der Waals surface area contributed by atoms with Crippen LogP contribution in [0.2, 0.25) is 0 Å². The Labute approximate surface area is 121 Å². The third-order valence-corrected chi connectivity index (χ3v) is 3.62. The average Bonchev–Trinajstić information content (AvgIpc) is 2.85. The number of hydrogen-bond acceptors (Lipinski definition) is 2. The number of carbonyl (C=O) groups is 1. The van der Waals surface area contributed by atoms with Gasteiger partial charge in [0, 0.05) is 11.1 Å². The number of aromatic nitrogens is 2. The SMILES string of the molecule is CC(C)c1ccc(C(=O)c2ccc3[nH]c(=O)[nH]c3c2)cc1. The van der Waals surface area contributed by atoms with Gasteiger partial charge in [0.25, 0.3) is 0 Å². The summed E-state index contributed by atoms with van der Waals surface area (Å²) >= 11 is 0. The fourth-order valence-corrected chi connectivity index (χ4v) is 2.36. The van der Waals surface area contributed by atoms with Gasteiger partial charge >= 0.3 is 5.69 Å². The van der Waals surface area contributed by atoms with Crippen LogP contribution in [0.5, 0.6) is 0 Å². The van der Waals surface area contributed by atoms with Crippen LogP contribution < -0.4 is 5.69 Å². The van der Waals surface area contributed by atoms with Crippen LogP contribution in [0.25, 0.3) is 11.0 Å². The van der Waals surface area contributed by atoms with Crippen molar-refractivity contribution in [3.8, 4) is 0 Å². The highest BCUT2D eigenvalue weighted by Crippen LogP contribution is 2.18. The third-order valence-electron chi connectivity index (χ3n) is 3.62. The molecule has 1 aromatic heterocycles. The van der Waals surface area contributed by atoms with E-state index < -0.39 is 0 Å². The zero-order valence-electron chi connectivity index (χ0n) is 11.9. The molecule has 0 atom stereocenters. The molecule has 0 spiro atoms. The van der Waals surface area contributed by atoms with E-state index in [1.807, 2.05) is 24.3 Å². The molecule has 4 nitrogen and oxygen atoms in total. The monoisotopic (exact) mass is 280 g/mol. The minimum absolute atomic E-state index is 0.0470. The lowest BCUT2D eigenvalue weighted by Gasteiger charge is -2.06. The van der Waals surface area contributed by atoms with Crippen molar-refractivity contribution in [2.45, 2.75) is 19.8 Å². The van der Waals surface area contributed by atoms with Gasteiger partial charge in [0.1, 0.15) is 0 Å². The molecule has 0 radical (unpaired) electrons. The molecular formula is C17H16N2O2. The third kappa shape index (κ3) is 2.52. The molecule has 0 aliphatic carbocycles. The first-order chi connectivity index (χ1) is 10.0. The first-order valence-electron chi connectivity index (χ1n) is 6.91. The molecule has 3 aromatic rings. The molecular weight excluding hydrogens is 264 g/mol. The molecule has 106 valence electrons. The van der Waals surface area contributed by atoms with Crippen molar-refractivity contribution in [2.75, 3.05) is 0 Å². The van der Waals surface area contributed by atoms with E-state index in [0.29, 0.717) is 28.1 Å². The van der Waals surface area contributed by atoms with E-state index in [2.05, 4.69) is 23.8 Å².